The fourth-order valence-corrected chi connectivity index (χ4v) is 1.64. The van der Waals surface area contributed by atoms with E-state index in [9.17, 15) is 13.2 Å². The predicted octanol–water partition coefficient (Wildman–Crippen LogP) is 2.21. The smallest absolute Gasteiger partial charge is 0.411 e. The first kappa shape index (κ1) is 14.6. The van der Waals surface area contributed by atoms with Crippen LogP contribution in [0.2, 0.25) is 0 Å². The molecule has 1 aromatic heterocycles. The summed E-state index contributed by atoms with van der Waals surface area (Å²) in [5.41, 5.74) is -1.92. The third-order valence-corrected chi connectivity index (χ3v) is 2.97. The van der Waals surface area contributed by atoms with E-state index in [1.807, 2.05) is 6.92 Å². The highest BCUT2D eigenvalue weighted by Gasteiger charge is 2.64. The largest absolute Gasteiger partial charge is 0.467 e. The van der Waals surface area contributed by atoms with Gasteiger partial charge >= 0.3 is 12.2 Å². The highest BCUT2D eigenvalue weighted by atomic mass is 19.4. The van der Waals surface area contributed by atoms with Gasteiger partial charge in [0.05, 0.1) is 7.11 Å². The first-order valence-corrected chi connectivity index (χ1v) is 6.29. The zero-order valence-corrected chi connectivity index (χ0v) is 11.2. The summed E-state index contributed by atoms with van der Waals surface area (Å²) in [6.07, 6.45) is -3.46. The second kappa shape index (κ2) is 5.29. The van der Waals surface area contributed by atoms with Gasteiger partial charge in [-0.3, -0.25) is 0 Å². The number of halogens is 3. The summed E-state index contributed by atoms with van der Waals surface area (Å²) in [4.78, 5) is 11.7. The van der Waals surface area contributed by atoms with E-state index in [0.29, 0.717) is 6.54 Å². The molecule has 1 fully saturated rings. The van der Waals surface area contributed by atoms with Gasteiger partial charge in [0.15, 0.2) is 0 Å². The molecular weight excluding hydrogens is 275 g/mol. The van der Waals surface area contributed by atoms with Crippen LogP contribution in [0.15, 0.2) is 0 Å². The van der Waals surface area contributed by atoms with Gasteiger partial charge in [-0.15, -0.1) is 0 Å². The lowest BCUT2D eigenvalue weighted by molar-refractivity contribution is -0.151. The van der Waals surface area contributed by atoms with Crippen LogP contribution in [0.5, 0.6) is 6.01 Å². The van der Waals surface area contributed by atoms with E-state index in [1.54, 1.807) is 0 Å². The van der Waals surface area contributed by atoms with Crippen molar-refractivity contribution in [3.8, 4) is 6.01 Å². The number of hydrogen-bond donors (Lipinski definition) is 2. The number of hydrogen-bond acceptors (Lipinski definition) is 6. The predicted molar refractivity (Wildman–Crippen MR) is 66.8 cm³/mol. The maximum Gasteiger partial charge on any atom is 0.411 e. The molecule has 6 nitrogen and oxygen atoms in total. The van der Waals surface area contributed by atoms with Crippen molar-refractivity contribution >= 4 is 11.9 Å². The zero-order valence-electron chi connectivity index (χ0n) is 11.2. The summed E-state index contributed by atoms with van der Waals surface area (Å²) in [5.74, 6) is 0.0597. The van der Waals surface area contributed by atoms with E-state index in [1.165, 1.54) is 7.11 Å². The van der Waals surface area contributed by atoms with Crippen LogP contribution in [0.1, 0.15) is 26.2 Å². The molecule has 1 aromatic rings. The van der Waals surface area contributed by atoms with E-state index in [0.717, 1.165) is 6.42 Å². The van der Waals surface area contributed by atoms with Crippen LogP contribution in [-0.4, -0.2) is 40.3 Å². The molecule has 0 bridgehead atoms. The number of alkyl halides is 3. The average molecular weight is 291 g/mol. The molecule has 0 spiro atoms. The number of methoxy groups -OCH3 is 1. The van der Waals surface area contributed by atoms with Crippen molar-refractivity contribution < 1.29 is 17.9 Å². The molecule has 1 saturated carbocycles. The molecule has 1 aliphatic rings. The lowest BCUT2D eigenvalue weighted by Gasteiger charge is -2.20. The molecule has 20 heavy (non-hydrogen) atoms. The Kier molecular flexibility index (Phi) is 3.87. The van der Waals surface area contributed by atoms with Crippen molar-refractivity contribution in [1.29, 1.82) is 0 Å². The second-order valence-electron chi connectivity index (χ2n) is 4.60. The molecule has 2 N–H and O–H groups in total. The molecule has 0 aromatic carbocycles. The fourth-order valence-electron chi connectivity index (χ4n) is 1.64. The van der Waals surface area contributed by atoms with Crippen molar-refractivity contribution in [2.45, 2.75) is 37.9 Å². The normalized spacial score (nSPS) is 16.6. The third-order valence-electron chi connectivity index (χ3n) is 2.97. The van der Waals surface area contributed by atoms with E-state index in [2.05, 4.69) is 25.6 Å². The number of nitrogens with one attached hydrogen (secondary N) is 2. The highest BCUT2D eigenvalue weighted by molar-refractivity contribution is 5.41. The molecule has 9 heteroatoms. The van der Waals surface area contributed by atoms with Gasteiger partial charge in [-0.1, -0.05) is 6.92 Å². The van der Waals surface area contributed by atoms with E-state index < -0.39 is 11.7 Å². The van der Waals surface area contributed by atoms with Crippen LogP contribution in [0.3, 0.4) is 0 Å². The summed E-state index contributed by atoms with van der Waals surface area (Å²) in [6, 6.07) is -0.0286. The zero-order chi connectivity index (χ0) is 14.8. The van der Waals surface area contributed by atoms with Crippen molar-refractivity contribution in [1.82, 2.24) is 15.0 Å². The molecule has 112 valence electrons. The highest BCUT2D eigenvalue weighted by Crippen LogP contribution is 2.50. The van der Waals surface area contributed by atoms with Gasteiger partial charge in [0.2, 0.25) is 11.9 Å². The van der Waals surface area contributed by atoms with Gasteiger partial charge < -0.3 is 15.4 Å². The minimum atomic E-state index is -4.33. The summed E-state index contributed by atoms with van der Waals surface area (Å²) in [5, 5.41) is 5.24. The van der Waals surface area contributed by atoms with Crippen molar-refractivity contribution in [3.63, 3.8) is 0 Å². The molecule has 0 atom stereocenters. The molecule has 1 heterocycles. The molecule has 1 aliphatic carbocycles. The topological polar surface area (TPSA) is 72.0 Å². The Labute approximate surface area is 114 Å². The molecule has 2 rings (SSSR count). The molecule has 0 radical (unpaired) electrons. The lowest BCUT2D eigenvalue weighted by Crippen LogP contribution is -2.39. The molecule has 0 unspecified atom stereocenters. The number of aromatic nitrogens is 3. The summed E-state index contributed by atoms with van der Waals surface area (Å²) >= 11 is 0. The van der Waals surface area contributed by atoms with E-state index >= 15 is 0 Å². The Morgan fingerprint density at radius 3 is 2.35 bits per heavy atom. The van der Waals surface area contributed by atoms with Crippen LogP contribution >= 0.6 is 0 Å². The van der Waals surface area contributed by atoms with Gasteiger partial charge in [0.25, 0.3) is 0 Å². The number of anilines is 2. The Morgan fingerprint density at radius 2 is 1.85 bits per heavy atom. The van der Waals surface area contributed by atoms with Crippen LogP contribution < -0.4 is 15.4 Å². The Hall–Kier alpha value is -1.80. The van der Waals surface area contributed by atoms with Crippen LogP contribution in [0.4, 0.5) is 25.1 Å². The summed E-state index contributed by atoms with van der Waals surface area (Å²) in [7, 11) is 1.35. The molecule has 0 saturated heterocycles. The van der Waals surface area contributed by atoms with Gasteiger partial charge in [0.1, 0.15) is 5.54 Å². The minimum Gasteiger partial charge on any atom is -0.467 e. The Morgan fingerprint density at radius 1 is 1.20 bits per heavy atom. The van der Waals surface area contributed by atoms with E-state index in [4.69, 9.17) is 4.74 Å². The molecule has 0 aliphatic heterocycles. The monoisotopic (exact) mass is 291 g/mol. The van der Waals surface area contributed by atoms with Crippen molar-refractivity contribution in [2.24, 2.45) is 0 Å². The number of ether oxygens (including phenoxy) is 1. The van der Waals surface area contributed by atoms with Gasteiger partial charge in [-0.05, 0) is 19.3 Å². The first-order chi connectivity index (χ1) is 9.40. The maximum absolute atomic E-state index is 12.9. The Bertz CT molecular complexity index is 476. The van der Waals surface area contributed by atoms with Crippen molar-refractivity contribution in [2.75, 3.05) is 24.3 Å². The van der Waals surface area contributed by atoms with Crippen LogP contribution in [0, 0.1) is 0 Å². The molecule has 0 amide bonds. The third kappa shape index (κ3) is 3.02. The second-order valence-corrected chi connectivity index (χ2v) is 4.60. The lowest BCUT2D eigenvalue weighted by atomic mass is 10.3. The van der Waals surface area contributed by atoms with Gasteiger partial charge in [-0.25, -0.2) is 0 Å². The van der Waals surface area contributed by atoms with Gasteiger partial charge in [0, 0.05) is 6.54 Å². The maximum atomic E-state index is 12.9. The van der Waals surface area contributed by atoms with Gasteiger partial charge in [-0.2, -0.15) is 28.1 Å². The quantitative estimate of drug-likeness (QED) is 0.837. The number of nitrogens with zero attached hydrogens (tertiary/aromatic N) is 3. The first-order valence-electron chi connectivity index (χ1n) is 6.29. The average Bonchev–Trinajstić information content (AvgIpc) is 3.16. The van der Waals surface area contributed by atoms with Crippen LogP contribution in [-0.2, 0) is 0 Å². The molecular formula is C11H16F3N5O. The van der Waals surface area contributed by atoms with Crippen LogP contribution in [0.25, 0.3) is 0 Å². The van der Waals surface area contributed by atoms with Crippen molar-refractivity contribution in [3.05, 3.63) is 0 Å². The number of rotatable bonds is 6. The Balaban J connectivity index is 2.19. The SMILES string of the molecule is CCCNc1nc(NC2(C(F)(F)F)CC2)nc(OC)n1. The fraction of sp³-hybridized carbons (Fsp3) is 0.727. The summed E-state index contributed by atoms with van der Waals surface area (Å²) in [6.45, 7) is 2.56. The van der Waals surface area contributed by atoms with E-state index in [-0.39, 0.29) is 30.7 Å². The standard InChI is InChI=1S/C11H16F3N5O/c1-3-6-15-7-16-8(18-9(17-7)20-2)19-10(4-5-10)11(12,13)14/h3-6H2,1-2H3,(H2,15,16,17,18,19). The minimum absolute atomic E-state index is 0.0161. The summed E-state index contributed by atoms with van der Waals surface area (Å²) < 4.78 is 43.5.